The summed E-state index contributed by atoms with van der Waals surface area (Å²) in [5.74, 6) is -1.57. The number of alkyl halides is 3. The Morgan fingerprint density at radius 1 is 1.33 bits per heavy atom. The average molecular weight is 257 g/mol. The molecule has 2 heterocycles. The summed E-state index contributed by atoms with van der Waals surface area (Å²) in [5.41, 5.74) is -3.66. The number of hydrogen-bond donors (Lipinski definition) is 1. The monoisotopic (exact) mass is 257 g/mol. The van der Waals surface area contributed by atoms with E-state index in [0.29, 0.717) is 6.08 Å². The SMILES string of the molecule is O=C(O)C1(c2ccccn2)C=C(C(F)(F)F)N=N1. The number of carbonyl (C=O) groups is 1. The van der Waals surface area contributed by atoms with Gasteiger partial charge in [-0.3, -0.25) is 4.98 Å². The van der Waals surface area contributed by atoms with Crippen molar-refractivity contribution in [2.24, 2.45) is 10.2 Å². The third-order valence-electron chi connectivity index (χ3n) is 2.33. The molecule has 1 aromatic heterocycles. The van der Waals surface area contributed by atoms with Gasteiger partial charge in [0.15, 0.2) is 5.70 Å². The van der Waals surface area contributed by atoms with Crippen LogP contribution in [0.4, 0.5) is 13.2 Å². The lowest BCUT2D eigenvalue weighted by Crippen LogP contribution is -2.31. The van der Waals surface area contributed by atoms with Crippen molar-refractivity contribution in [2.45, 2.75) is 11.7 Å². The van der Waals surface area contributed by atoms with Gasteiger partial charge in [0.25, 0.3) is 0 Å². The highest BCUT2D eigenvalue weighted by atomic mass is 19.4. The first-order valence-electron chi connectivity index (χ1n) is 4.74. The smallest absolute Gasteiger partial charge is 0.434 e. The third kappa shape index (κ3) is 1.85. The molecule has 0 spiro atoms. The van der Waals surface area contributed by atoms with Gasteiger partial charge in [-0.2, -0.15) is 18.3 Å². The number of hydrogen-bond acceptors (Lipinski definition) is 4. The standard InChI is InChI=1S/C10H6F3N3O2/c11-10(12,13)7-5-9(8(17)18,16-15-7)6-3-1-2-4-14-6/h1-5H,(H,17,18). The van der Waals surface area contributed by atoms with Crippen molar-refractivity contribution in [3.63, 3.8) is 0 Å². The second-order valence-corrected chi connectivity index (χ2v) is 3.51. The minimum atomic E-state index is -4.74. The summed E-state index contributed by atoms with van der Waals surface area (Å²) in [6, 6.07) is 4.25. The molecule has 8 heteroatoms. The number of rotatable bonds is 2. The minimum absolute atomic E-state index is 0.125. The second-order valence-electron chi connectivity index (χ2n) is 3.51. The number of aromatic nitrogens is 1. The van der Waals surface area contributed by atoms with E-state index in [-0.39, 0.29) is 5.69 Å². The summed E-state index contributed by atoms with van der Waals surface area (Å²) >= 11 is 0. The Labute approximate surface area is 98.7 Å². The molecule has 1 N–H and O–H groups in total. The van der Waals surface area contributed by atoms with E-state index in [9.17, 15) is 18.0 Å². The van der Waals surface area contributed by atoms with Gasteiger partial charge in [-0.25, -0.2) is 4.79 Å². The summed E-state index contributed by atoms with van der Waals surface area (Å²) in [6.45, 7) is 0. The number of aliphatic carboxylic acids is 1. The summed E-state index contributed by atoms with van der Waals surface area (Å²) in [6.07, 6.45) is -3.01. The van der Waals surface area contributed by atoms with Crippen LogP contribution in [0.1, 0.15) is 5.69 Å². The van der Waals surface area contributed by atoms with Crippen molar-refractivity contribution in [3.8, 4) is 0 Å². The maximum Gasteiger partial charge on any atom is 0.434 e. The van der Waals surface area contributed by atoms with Gasteiger partial charge in [-0.15, -0.1) is 5.11 Å². The predicted octanol–water partition coefficient (Wildman–Crippen LogP) is 2.27. The zero-order valence-corrected chi connectivity index (χ0v) is 8.72. The first-order valence-corrected chi connectivity index (χ1v) is 4.74. The Balaban J connectivity index is 2.55. The molecule has 1 aliphatic rings. The lowest BCUT2D eigenvalue weighted by molar-refractivity contribution is -0.141. The maximum absolute atomic E-state index is 12.4. The van der Waals surface area contributed by atoms with Gasteiger partial charge in [0, 0.05) is 6.20 Å². The van der Waals surface area contributed by atoms with Gasteiger partial charge in [0.1, 0.15) is 0 Å². The predicted molar refractivity (Wildman–Crippen MR) is 52.5 cm³/mol. The molecule has 0 saturated carbocycles. The van der Waals surface area contributed by atoms with E-state index in [4.69, 9.17) is 5.11 Å². The van der Waals surface area contributed by atoms with Crippen molar-refractivity contribution in [2.75, 3.05) is 0 Å². The van der Waals surface area contributed by atoms with Gasteiger partial charge in [0.05, 0.1) is 5.69 Å². The highest BCUT2D eigenvalue weighted by Gasteiger charge is 2.49. The van der Waals surface area contributed by atoms with Crippen LogP contribution in [0.15, 0.2) is 46.4 Å². The maximum atomic E-state index is 12.4. The molecule has 0 aromatic carbocycles. The second kappa shape index (κ2) is 3.90. The molecule has 0 amide bonds. The quantitative estimate of drug-likeness (QED) is 0.883. The fourth-order valence-corrected chi connectivity index (χ4v) is 1.45. The van der Waals surface area contributed by atoms with E-state index in [2.05, 4.69) is 15.2 Å². The number of pyridine rings is 1. The van der Waals surface area contributed by atoms with Crippen LogP contribution in [0.3, 0.4) is 0 Å². The molecule has 0 bridgehead atoms. The molecule has 1 aromatic rings. The van der Waals surface area contributed by atoms with E-state index >= 15 is 0 Å². The van der Waals surface area contributed by atoms with Gasteiger partial charge < -0.3 is 5.11 Å². The van der Waals surface area contributed by atoms with Gasteiger partial charge in [0.2, 0.25) is 5.54 Å². The molecule has 1 atom stereocenters. The molecular weight excluding hydrogens is 251 g/mol. The first kappa shape index (κ1) is 12.2. The fraction of sp³-hybridized carbons (Fsp3) is 0.200. The van der Waals surface area contributed by atoms with Crippen molar-refractivity contribution in [3.05, 3.63) is 41.9 Å². The minimum Gasteiger partial charge on any atom is -0.479 e. The summed E-state index contributed by atoms with van der Waals surface area (Å²) in [4.78, 5) is 14.9. The van der Waals surface area contributed by atoms with Crippen LogP contribution in [0.25, 0.3) is 0 Å². The molecule has 2 rings (SSSR count). The van der Waals surface area contributed by atoms with E-state index in [0.717, 1.165) is 0 Å². The van der Waals surface area contributed by atoms with Crippen LogP contribution in [-0.2, 0) is 10.3 Å². The molecule has 5 nitrogen and oxygen atoms in total. The number of nitrogens with zero attached hydrogens (tertiary/aromatic N) is 3. The van der Waals surface area contributed by atoms with Crippen LogP contribution in [-0.4, -0.2) is 22.2 Å². The van der Waals surface area contributed by atoms with Crippen molar-refractivity contribution >= 4 is 5.97 Å². The molecule has 1 unspecified atom stereocenters. The van der Waals surface area contributed by atoms with Crippen molar-refractivity contribution < 1.29 is 23.1 Å². The molecule has 94 valence electrons. The van der Waals surface area contributed by atoms with Gasteiger partial charge >= 0.3 is 12.1 Å². The Morgan fingerprint density at radius 3 is 2.50 bits per heavy atom. The van der Waals surface area contributed by atoms with E-state index in [1.165, 1.54) is 24.4 Å². The molecular formula is C10H6F3N3O2. The van der Waals surface area contributed by atoms with Crippen LogP contribution in [0.5, 0.6) is 0 Å². The van der Waals surface area contributed by atoms with Crippen molar-refractivity contribution in [1.82, 2.24) is 4.98 Å². The number of halogens is 3. The summed E-state index contributed by atoms with van der Waals surface area (Å²) in [5, 5.41) is 15.2. The zero-order chi connectivity index (χ0) is 13.4. The number of azo groups is 1. The van der Waals surface area contributed by atoms with Crippen molar-refractivity contribution in [1.29, 1.82) is 0 Å². The van der Waals surface area contributed by atoms with E-state index < -0.39 is 23.4 Å². The first-order chi connectivity index (χ1) is 8.36. The Hall–Kier alpha value is -2.25. The Bertz CT molecular complexity index is 539. The van der Waals surface area contributed by atoms with Gasteiger partial charge in [-0.05, 0) is 18.2 Å². The molecule has 0 fully saturated rings. The third-order valence-corrected chi connectivity index (χ3v) is 2.33. The average Bonchev–Trinajstić information content (AvgIpc) is 2.76. The molecule has 0 aliphatic carbocycles. The molecule has 18 heavy (non-hydrogen) atoms. The van der Waals surface area contributed by atoms with Gasteiger partial charge in [-0.1, -0.05) is 6.07 Å². The van der Waals surface area contributed by atoms with E-state index in [1.807, 2.05) is 0 Å². The molecule has 1 aliphatic heterocycles. The van der Waals surface area contributed by atoms with E-state index in [1.54, 1.807) is 0 Å². The topological polar surface area (TPSA) is 74.9 Å². The largest absolute Gasteiger partial charge is 0.479 e. The highest BCUT2D eigenvalue weighted by molar-refractivity contribution is 5.83. The number of allylic oxidation sites excluding steroid dienone is 1. The normalized spacial score (nSPS) is 22.9. The van der Waals surface area contributed by atoms with Crippen LogP contribution in [0, 0.1) is 0 Å². The van der Waals surface area contributed by atoms with Crippen LogP contribution in [0.2, 0.25) is 0 Å². The summed E-state index contributed by atoms with van der Waals surface area (Å²) < 4.78 is 37.3. The molecule has 0 radical (unpaired) electrons. The lowest BCUT2D eigenvalue weighted by Gasteiger charge is -2.15. The Kier molecular flexibility index (Phi) is 2.64. The zero-order valence-electron chi connectivity index (χ0n) is 8.72. The fourth-order valence-electron chi connectivity index (χ4n) is 1.45. The van der Waals surface area contributed by atoms with Crippen LogP contribution >= 0.6 is 0 Å². The lowest BCUT2D eigenvalue weighted by atomic mass is 9.95. The number of carboxylic acids is 1. The highest BCUT2D eigenvalue weighted by Crippen LogP contribution is 2.39. The van der Waals surface area contributed by atoms with Crippen LogP contribution < -0.4 is 0 Å². The Morgan fingerprint density at radius 2 is 2.06 bits per heavy atom. The number of carboxylic acid groups (broad SMARTS) is 1. The molecule has 0 saturated heterocycles. The summed E-state index contributed by atoms with van der Waals surface area (Å²) in [7, 11) is 0.